The first-order valence-corrected chi connectivity index (χ1v) is 6.24. The lowest BCUT2D eigenvalue weighted by Crippen LogP contribution is -2.41. The third-order valence-electron chi connectivity index (χ3n) is 2.57. The molecule has 1 amide bonds. The maximum atomic E-state index is 13.0. The highest BCUT2D eigenvalue weighted by atomic mass is 35.5. The van der Waals surface area contributed by atoms with E-state index < -0.39 is 11.9 Å². The van der Waals surface area contributed by atoms with Crippen molar-refractivity contribution in [2.45, 2.75) is 39.3 Å². The Morgan fingerprint density at radius 3 is 2.78 bits per heavy atom. The van der Waals surface area contributed by atoms with E-state index in [1.807, 2.05) is 13.8 Å². The molecule has 0 bridgehead atoms. The van der Waals surface area contributed by atoms with Crippen LogP contribution in [-0.4, -0.2) is 18.1 Å². The summed E-state index contributed by atoms with van der Waals surface area (Å²) >= 11 is 5.85. The highest BCUT2D eigenvalue weighted by Crippen LogP contribution is 2.25. The molecule has 0 spiro atoms. The van der Waals surface area contributed by atoms with Gasteiger partial charge in [0.25, 0.3) is 5.91 Å². The molecule has 0 aromatic heterocycles. The molecule has 0 saturated heterocycles. The van der Waals surface area contributed by atoms with Gasteiger partial charge < -0.3 is 10.1 Å². The molecule has 0 aliphatic carbocycles. The highest BCUT2D eigenvalue weighted by Gasteiger charge is 2.17. The Balaban J connectivity index is 2.66. The molecule has 18 heavy (non-hydrogen) atoms. The Hall–Kier alpha value is -1.29. The first kappa shape index (κ1) is 14.8. The third kappa shape index (κ3) is 4.18. The van der Waals surface area contributed by atoms with Crippen LogP contribution in [0, 0.1) is 5.82 Å². The number of hydrogen-bond donors (Lipinski definition) is 1. The minimum Gasteiger partial charge on any atom is -0.479 e. The molecular formula is C13H17ClFNO2. The van der Waals surface area contributed by atoms with Crippen LogP contribution in [0.5, 0.6) is 5.75 Å². The van der Waals surface area contributed by atoms with Gasteiger partial charge in [-0.15, -0.1) is 0 Å². The molecular weight excluding hydrogens is 257 g/mol. The molecule has 5 heteroatoms. The fraction of sp³-hybridized carbons (Fsp3) is 0.462. The number of carbonyl (C=O) groups excluding carboxylic acids is 1. The normalized spacial score (nSPS) is 13.8. The van der Waals surface area contributed by atoms with Gasteiger partial charge in [0.2, 0.25) is 0 Å². The molecule has 0 saturated carbocycles. The van der Waals surface area contributed by atoms with Crippen molar-refractivity contribution < 1.29 is 13.9 Å². The summed E-state index contributed by atoms with van der Waals surface area (Å²) in [6.07, 6.45) is 0.109. The molecule has 0 aliphatic heterocycles. The number of amides is 1. The summed E-state index contributed by atoms with van der Waals surface area (Å²) in [6.45, 7) is 5.47. The Morgan fingerprint density at radius 2 is 2.17 bits per heavy atom. The van der Waals surface area contributed by atoms with Crippen molar-refractivity contribution in [3.8, 4) is 5.75 Å². The number of rotatable bonds is 5. The minimum atomic E-state index is -0.724. The fourth-order valence-electron chi connectivity index (χ4n) is 1.27. The molecule has 1 aromatic rings. The average Bonchev–Trinajstić information content (AvgIpc) is 2.33. The second-order valence-corrected chi connectivity index (χ2v) is 4.56. The second-order valence-electron chi connectivity index (χ2n) is 4.15. The van der Waals surface area contributed by atoms with Crippen molar-refractivity contribution in [3.63, 3.8) is 0 Å². The molecule has 3 nitrogen and oxygen atoms in total. The van der Waals surface area contributed by atoms with Crippen LogP contribution in [0.1, 0.15) is 27.2 Å². The van der Waals surface area contributed by atoms with Crippen molar-refractivity contribution in [3.05, 3.63) is 29.0 Å². The molecule has 0 fully saturated rings. The van der Waals surface area contributed by atoms with Crippen LogP contribution in [0.4, 0.5) is 4.39 Å². The summed E-state index contributed by atoms with van der Waals surface area (Å²) in [5, 5.41) is 3.06. The van der Waals surface area contributed by atoms with E-state index in [0.717, 1.165) is 12.5 Å². The lowest BCUT2D eigenvalue weighted by Gasteiger charge is -2.18. The molecule has 0 radical (unpaired) electrons. The zero-order chi connectivity index (χ0) is 13.7. The lowest BCUT2D eigenvalue weighted by molar-refractivity contribution is -0.127. The van der Waals surface area contributed by atoms with Crippen molar-refractivity contribution in [1.29, 1.82) is 0 Å². The van der Waals surface area contributed by atoms with Gasteiger partial charge in [-0.05, 0) is 32.4 Å². The van der Waals surface area contributed by atoms with Gasteiger partial charge in [-0.25, -0.2) is 4.39 Å². The van der Waals surface area contributed by atoms with E-state index in [4.69, 9.17) is 16.3 Å². The largest absolute Gasteiger partial charge is 0.479 e. The molecule has 1 rings (SSSR count). The first-order valence-electron chi connectivity index (χ1n) is 5.86. The summed E-state index contributed by atoms with van der Waals surface area (Å²) in [4.78, 5) is 11.7. The number of halogens is 2. The molecule has 2 unspecified atom stereocenters. The lowest BCUT2D eigenvalue weighted by atomic mass is 10.2. The Bertz CT molecular complexity index is 425. The molecule has 0 heterocycles. The first-order chi connectivity index (χ1) is 8.43. The van der Waals surface area contributed by atoms with E-state index in [2.05, 4.69) is 5.32 Å². The van der Waals surface area contributed by atoms with Crippen LogP contribution in [0.2, 0.25) is 5.02 Å². The second kappa shape index (κ2) is 6.59. The Morgan fingerprint density at radius 1 is 1.50 bits per heavy atom. The van der Waals surface area contributed by atoms with Crippen LogP contribution < -0.4 is 10.1 Å². The summed E-state index contributed by atoms with van der Waals surface area (Å²) in [5.41, 5.74) is 0. The van der Waals surface area contributed by atoms with Gasteiger partial charge in [0.05, 0.1) is 5.02 Å². The van der Waals surface area contributed by atoms with Crippen molar-refractivity contribution in [1.82, 2.24) is 5.32 Å². The van der Waals surface area contributed by atoms with Gasteiger partial charge in [0.15, 0.2) is 6.10 Å². The van der Waals surface area contributed by atoms with Crippen LogP contribution in [0.25, 0.3) is 0 Å². The predicted molar refractivity (Wildman–Crippen MR) is 69.4 cm³/mol. The smallest absolute Gasteiger partial charge is 0.260 e. The van der Waals surface area contributed by atoms with E-state index >= 15 is 0 Å². The number of benzene rings is 1. The Kier molecular flexibility index (Phi) is 5.41. The van der Waals surface area contributed by atoms with E-state index in [1.165, 1.54) is 12.1 Å². The molecule has 0 aliphatic rings. The summed E-state index contributed by atoms with van der Waals surface area (Å²) in [5.74, 6) is -0.530. The van der Waals surface area contributed by atoms with Crippen LogP contribution in [0.3, 0.4) is 0 Å². The van der Waals surface area contributed by atoms with Gasteiger partial charge in [0, 0.05) is 12.1 Å². The van der Waals surface area contributed by atoms with Crippen molar-refractivity contribution in [2.75, 3.05) is 0 Å². The molecule has 1 N–H and O–H groups in total. The molecule has 2 atom stereocenters. The fourth-order valence-corrected chi connectivity index (χ4v) is 1.44. The van der Waals surface area contributed by atoms with Gasteiger partial charge in [0.1, 0.15) is 11.6 Å². The third-order valence-corrected chi connectivity index (χ3v) is 2.88. The zero-order valence-corrected chi connectivity index (χ0v) is 11.4. The predicted octanol–water partition coefficient (Wildman–Crippen LogP) is 3.16. The summed E-state index contributed by atoms with van der Waals surface area (Å²) in [7, 11) is 0. The van der Waals surface area contributed by atoms with E-state index in [0.29, 0.717) is 0 Å². The average molecular weight is 274 g/mol. The number of carbonyl (C=O) groups is 1. The van der Waals surface area contributed by atoms with Crippen molar-refractivity contribution in [2.24, 2.45) is 0 Å². The standard InChI is InChI=1S/C13H17ClFNO2/c1-4-8(2)16-13(17)9(3)18-12-7-10(15)5-6-11(12)14/h5-9H,4H2,1-3H3,(H,16,17). The molecule has 1 aromatic carbocycles. The topological polar surface area (TPSA) is 38.3 Å². The number of hydrogen-bond acceptors (Lipinski definition) is 2. The van der Waals surface area contributed by atoms with E-state index in [1.54, 1.807) is 6.92 Å². The van der Waals surface area contributed by atoms with E-state index in [-0.39, 0.29) is 22.7 Å². The highest BCUT2D eigenvalue weighted by molar-refractivity contribution is 6.32. The van der Waals surface area contributed by atoms with Gasteiger partial charge in [-0.3, -0.25) is 4.79 Å². The van der Waals surface area contributed by atoms with E-state index in [9.17, 15) is 9.18 Å². The van der Waals surface area contributed by atoms with Gasteiger partial charge in [-0.2, -0.15) is 0 Å². The van der Waals surface area contributed by atoms with Crippen LogP contribution >= 0.6 is 11.6 Å². The Labute approximate surface area is 111 Å². The molecule has 100 valence electrons. The summed E-state index contributed by atoms with van der Waals surface area (Å²) < 4.78 is 18.4. The number of ether oxygens (including phenoxy) is 1. The van der Waals surface area contributed by atoms with Crippen LogP contribution in [0.15, 0.2) is 18.2 Å². The monoisotopic (exact) mass is 273 g/mol. The van der Waals surface area contributed by atoms with Gasteiger partial charge >= 0.3 is 0 Å². The maximum Gasteiger partial charge on any atom is 0.260 e. The summed E-state index contributed by atoms with van der Waals surface area (Å²) in [6, 6.07) is 3.87. The zero-order valence-electron chi connectivity index (χ0n) is 10.7. The van der Waals surface area contributed by atoms with Gasteiger partial charge in [-0.1, -0.05) is 18.5 Å². The minimum absolute atomic E-state index is 0.0755. The maximum absolute atomic E-state index is 13.0. The number of nitrogens with one attached hydrogen (secondary N) is 1. The quantitative estimate of drug-likeness (QED) is 0.895. The van der Waals surface area contributed by atoms with Crippen LogP contribution in [-0.2, 0) is 4.79 Å². The SMILES string of the molecule is CCC(C)NC(=O)C(C)Oc1cc(F)ccc1Cl. The van der Waals surface area contributed by atoms with Crippen molar-refractivity contribution >= 4 is 17.5 Å².